The zero-order valence-electron chi connectivity index (χ0n) is 15.5. The van der Waals surface area contributed by atoms with Gasteiger partial charge in [-0.3, -0.25) is 10.2 Å². The predicted octanol–water partition coefficient (Wildman–Crippen LogP) is 4.44. The maximum absolute atomic E-state index is 13.0. The molecule has 0 bridgehead atoms. The molecule has 4 N–H and O–H groups in total. The molecule has 0 fully saturated rings. The molecule has 3 rings (SSSR count). The number of carbonyl (C=O) groups is 2. The smallest absolute Gasteiger partial charge is 0.338 e. The van der Waals surface area contributed by atoms with E-state index < -0.39 is 5.97 Å². The number of halogens is 1. The Hall–Kier alpha value is -3.45. The lowest BCUT2D eigenvalue weighted by Gasteiger charge is -2.14. The summed E-state index contributed by atoms with van der Waals surface area (Å²) < 4.78 is 5.60. The van der Waals surface area contributed by atoms with Gasteiger partial charge < -0.3 is 15.8 Å². The molecule has 0 atom stereocenters. The average Bonchev–Trinajstić information content (AvgIpc) is 2.73. The third-order valence-corrected chi connectivity index (χ3v) is 4.80. The SMILES string of the molecule is COC(=O)c1ccccc1-c1ccc(Br)cc1C(=O)Nc1ccc(C(=N)N)cc1. The number of carbonyl (C=O) groups excluding carboxylic acids is 2. The molecule has 29 heavy (non-hydrogen) atoms. The van der Waals surface area contributed by atoms with Crippen LogP contribution in [0.3, 0.4) is 0 Å². The number of hydrogen-bond acceptors (Lipinski definition) is 4. The van der Waals surface area contributed by atoms with Gasteiger partial charge in [-0.2, -0.15) is 0 Å². The van der Waals surface area contributed by atoms with Crippen molar-refractivity contribution in [2.24, 2.45) is 5.73 Å². The molecule has 0 heterocycles. The maximum atomic E-state index is 13.0. The Morgan fingerprint density at radius 2 is 1.62 bits per heavy atom. The van der Waals surface area contributed by atoms with Gasteiger partial charge in [-0.1, -0.05) is 40.2 Å². The Labute approximate surface area is 176 Å². The zero-order valence-corrected chi connectivity index (χ0v) is 17.1. The standard InChI is InChI=1S/C22H18BrN3O3/c1-29-22(28)18-5-3-2-4-16(18)17-11-8-14(23)12-19(17)21(27)26-15-9-6-13(7-10-15)20(24)25/h2-12H,1H3,(H3,24,25)(H,26,27). The number of nitrogen functional groups attached to an aromatic ring is 1. The van der Waals surface area contributed by atoms with Crippen molar-refractivity contribution >= 4 is 39.3 Å². The third-order valence-electron chi connectivity index (χ3n) is 4.30. The second-order valence-electron chi connectivity index (χ2n) is 6.17. The highest BCUT2D eigenvalue weighted by molar-refractivity contribution is 9.10. The number of benzene rings is 3. The summed E-state index contributed by atoms with van der Waals surface area (Å²) in [7, 11) is 1.32. The number of anilines is 1. The molecule has 0 aromatic heterocycles. The molecule has 0 saturated heterocycles. The van der Waals surface area contributed by atoms with Gasteiger partial charge in [0.05, 0.1) is 12.7 Å². The summed E-state index contributed by atoms with van der Waals surface area (Å²) in [5.41, 5.74) is 8.56. The van der Waals surface area contributed by atoms with Crippen LogP contribution in [0.1, 0.15) is 26.3 Å². The molecular formula is C22H18BrN3O3. The first-order valence-corrected chi connectivity index (χ1v) is 9.43. The molecule has 3 aromatic rings. The van der Waals surface area contributed by atoms with Gasteiger partial charge in [-0.25, -0.2) is 4.79 Å². The molecule has 0 unspecified atom stereocenters. The molecule has 6 nitrogen and oxygen atoms in total. The van der Waals surface area contributed by atoms with E-state index in [0.717, 1.165) is 4.47 Å². The van der Waals surface area contributed by atoms with Gasteiger partial charge in [0.25, 0.3) is 5.91 Å². The summed E-state index contributed by atoms with van der Waals surface area (Å²) in [6, 6.07) is 18.9. The lowest BCUT2D eigenvalue weighted by Crippen LogP contribution is -2.15. The average molecular weight is 452 g/mol. The minimum absolute atomic E-state index is 0.0448. The molecule has 0 saturated carbocycles. The molecule has 3 aromatic carbocycles. The van der Waals surface area contributed by atoms with E-state index in [0.29, 0.717) is 33.5 Å². The fourth-order valence-corrected chi connectivity index (χ4v) is 3.24. The number of rotatable bonds is 5. The summed E-state index contributed by atoms with van der Waals surface area (Å²) in [4.78, 5) is 25.2. The number of ether oxygens (including phenoxy) is 1. The monoisotopic (exact) mass is 451 g/mol. The number of hydrogen-bond donors (Lipinski definition) is 3. The van der Waals surface area contributed by atoms with Crippen LogP contribution in [0.15, 0.2) is 71.2 Å². The number of amides is 1. The summed E-state index contributed by atoms with van der Waals surface area (Å²) in [5.74, 6) is -0.859. The van der Waals surface area contributed by atoms with E-state index in [1.54, 1.807) is 60.7 Å². The van der Waals surface area contributed by atoms with Gasteiger partial charge in [-0.05, 0) is 53.6 Å². The lowest BCUT2D eigenvalue weighted by atomic mass is 9.95. The van der Waals surface area contributed by atoms with Crippen LogP contribution < -0.4 is 11.1 Å². The molecule has 0 spiro atoms. The first-order valence-electron chi connectivity index (χ1n) is 8.64. The second-order valence-corrected chi connectivity index (χ2v) is 7.09. The van der Waals surface area contributed by atoms with Crippen molar-refractivity contribution in [1.29, 1.82) is 5.41 Å². The van der Waals surface area contributed by atoms with Crippen LogP contribution in [-0.4, -0.2) is 24.8 Å². The van der Waals surface area contributed by atoms with Crippen LogP contribution in [0.2, 0.25) is 0 Å². The van der Waals surface area contributed by atoms with Crippen molar-refractivity contribution in [2.75, 3.05) is 12.4 Å². The maximum Gasteiger partial charge on any atom is 0.338 e. The first kappa shape index (κ1) is 20.3. The zero-order chi connectivity index (χ0) is 21.0. The first-order chi connectivity index (χ1) is 13.9. The van der Waals surface area contributed by atoms with Gasteiger partial charge >= 0.3 is 5.97 Å². The van der Waals surface area contributed by atoms with Gasteiger partial charge in [0.2, 0.25) is 0 Å². The summed E-state index contributed by atoms with van der Waals surface area (Å²) in [5, 5.41) is 10.3. The largest absolute Gasteiger partial charge is 0.465 e. The van der Waals surface area contributed by atoms with E-state index in [9.17, 15) is 9.59 Å². The predicted molar refractivity (Wildman–Crippen MR) is 116 cm³/mol. The van der Waals surface area contributed by atoms with Crippen molar-refractivity contribution in [3.63, 3.8) is 0 Å². The van der Waals surface area contributed by atoms with Crippen LogP contribution in [0.25, 0.3) is 11.1 Å². The molecule has 1 amide bonds. The Bertz CT molecular complexity index is 1090. The normalized spacial score (nSPS) is 10.3. The van der Waals surface area contributed by atoms with Gasteiger partial charge in [-0.15, -0.1) is 0 Å². The van der Waals surface area contributed by atoms with Crippen LogP contribution >= 0.6 is 15.9 Å². The van der Waals surface area contributed by atoms with E-state index in [-0.39, 0.29) is 11.7 Å². The topological polar surface area (TPSA) is 105 Å². The van der Waals surface area contributed by atoms with Crippen LogP contribution in [0.5, 0.6) is 0 Å². The van der Waals surface area contributed by atoms with Gasteiger partial charge in [0, 0.05) is 21.3 Å². The lowest BCUT2D eigenvalue weighted by molar-refractivity contribution is 0.0601. The third kappa shape index (κ3) is 4.52. The fourth-order valence-electron chi connectivity index (χ4n) is 2.88. The Balaban J connectivity index is 2.01. The number of nitrogens with one attached hydrogen (secondary N) is 2. The van der Waals surface area contributed by atoms with Crippen molar-refractivity contribution in [3.05, 3.63) is 87.9 Å². The number of methoxy groups -OCH3 is 1. The summed E-state index contributed by atoms with van der Waals surface area (Å²) >= 11 is 3.40. The second kappa shape index (κ2) is 8.70. The number of amidine groups is 1. The van der Waals surface area contributed by atoms with E-state index in [4.69, 9.17) is 15.9 Å². The molecule has 146 valence electrons. The summed E-state index contributed by atoms with van der Waals surface area (Å²) in [6.45, 7) is 0. The van der Waals surface area contributed by atoms with Crippen molar-refractivity contribution in [1.82, 2.24) is 0 Å². The minimum Gasteiger partial charge on any atom is -0.465 e. The van der Waals surface area contributed by atoms with E-state index in [1.165, 1.54) is 7.11 Å². The van der Waals surface area contributed by atoms with E-state index >= 15 is 0 Å². The van der Waals surface area contributed by atoms with Crippen LogP contribution in [0.4, 0.5) is 5.69 Å². The highest BCUT2D eigenvalue weighted by Gasteiger charge is 2.19. The van der Waals surface area contributed by atoms with Crippen molar-refractivity contribution in [3.8, 4) is 11.1 Å². The fraction of sp³-hybridized carbons (Fsp3) is 0.0455. The number of nitrogens with two attached hydrogens (primary N) is 1. The molecule has 0 aliphatic rings. The molecule has 0 aliphatic heterocycles. The van der Waals surface area contributed by atoms with E-state index in [1.807, 2.05) is 6.07 Å². The molecular weight excluding hydrogens is 434 g/mol. The van der Waals surface area contributed by atoms with Gasteiger partial charge in [0.1, 0.15) is 5.84 Å². The van der Waals surface area contributed by atoms with Crippen LogP contribution in [0, 0.1) is 5.41 Å². The van der Waals surface area contributed by atoms with Crippen LogP contribution in [-0.2, 0) is 4.74 Å². The molecule has 0 aliphatic carbocycles. The summed E-state index contributed by atoms with van der Waals surface area (Å²) in [6.07, 6.45) is 0. The minimum atomic E-state index is -0.477. The Morgan fingerprint density at radius 1 is 0.966 bits per heavy atom. The Kier molecular flexibility index (Phi) is 6.09. The quantitative estimate of drug-likeness (QED) is 0.302. The van der Waals surface area contributed by atoms with E-state index in [2.05, 4.69) is 21.2 Å². The van der Waals surface area contributed by atoms with Crippen molar-refractivity contribution < 1.29 is 14.3 Å². The molecule has 7 heteroatoms. The highest BCUT2D eigenvalue weighted by Crippen LogP contribution is 2.30. The number of esters is 1. The highest BCUT2D eigenvalue weighted by atomic mass is 79.9. The Morgan fingerprint density at radius 3 is 2.28 bits per heavy atom. The van der Waals surface area contributed by atoms with Gasteiger partial charge in [0.15, 0.2) is 0 Å². The molecule has 0 radical (unpaired) electrons. The van der Waals surface area contributed by atoms with Crippen molar-refractivity contribution in [2.45, 2.75) is 0 Å².